The van der Waals surface area contributed by atoms with E-state index in [1.54, 1.807) is 12.1 Å². The number of thioether (sulfide) groups is 1. The van der Waals surface area contributed by atoms with Crippen molar-refractivity contribution in [3.63, 3.8) is 0 Å². The summed E-state index contributed by atoms with van der Waals surface area (Å²) in [6, 6.07) is 15.8. The van der Waals surface area contributed by atoms with E-state index < -0.39 is 0 Å². The van der Waals surface area contributed by atoms with Crippen molar-refractivity contribution in [1.29, 1.82) is 0 Å². The van der Waals surface area contributed by atoms with Crippen LogP contribution in [0.5, 0.6) is 0 Å². The summed E-state index contributed by atoms with van der Waals surface area (Å²) in [4.78, 5) is 33.8. The van der Waals surface area contributed by atoms with Gasteiger partial charge in [-0.05, 0) is 42.7 Å². The lowest BCUT2D eigenvalue weighted by Gasteiger charge is -2.11. The number of carbonyl (C=O) groups is 2. The van der Waals surface area contributed by atoms with E-state index in [0.29, 0.717) is 18.5 Å². The Bertz CT molecular complexity index is 1290. The smallest absolute Gasteiger partial charge is 0.216 e. The van der Waals surface area contributed by atoms with Crippen molar-refractivity contribution in [2.75, 3.05) is 6.54 Å². The number of nitrogens with zero attached hydrogens (tertiary/aromatic N) is 2. The molecule has 2 aromatic carbocycles. The molecule has 5 nitrogen and oxygen atoms in total. The van der Waals surface area contributed by atoms with E-state index in [1.165, 1.54) is 48.5 Å². The van der Waals surface area contributed by atoms with E-state index >= 15 is 0 Å². The lowest BCUT2D eigenvalue weighted by Crippen LogP contribution is -2.22. The van der Waals surface area contributed by atoms with Gasteiger partial charge in [0.05, 0.1) is 15.5 Å². The Balaban J connectivity index is 1.48. The SMILES string of the molecule is CC(=O)NCCc1ccc(C(=O)C(C)Sc2ncnc3cc(-c4ccc(F)cc4)sc23)cc1. The van der Waals surface area contributed by atoms with Crippen LogP contribution in [0, 0.1) is 5.82 Å². The number of aromatic nitrogens is 2. The van der Waals surface area contributed by atoms with Crippen LogP contribution < -0.4 is 5.32 Å². The van der Waals surface area contributed by atoms with Gasteiger partial charge >= 0.3 is 0 Å². The molecule has 1 unspecified atom stereocenters. The van der Waals surface area contributed by atoms with Gasteiger partial charge in [-0.1, -0.05) is 48.2 Å². The number of carbonyl (C=O) groups excluding carboxylic acids is 2. The summed E-state index contributed by atoms with van der Waals surface area (Å²) in [5, 5.41) is 3.20. The van der Waals surface area contributed by atoms with E-state index in [4.69, 9.17) is 0 Å². The third-order valence-electron chi connectivity index (χ3n) is 5.09. The average molecular weight is 480 g/mol. The molecular formula is C25H22FN3O2S2. The van der Waals surface area contributed by atoms with E-state index in [2.05, 4.69) is 15.3 Å². The molecule has 1 N–H and O–H groups in total. The number of Topliss-reactive ketones (excluding diaryl/α,β-unsaturated/α-hetero) is 1. The third kappa shape index (κ3) is 5.64. The fraction of sp³-hybridized carbons (Fsp3) is 0.200. The molecular weight excluding hydrogens is 457 g/mol. The van der Waals surface area contributed by atoms with Crippen molar-refractivity contribution >= 4 is 45.0 Å². The fourth-order valence-corrected chi connectivity index (χ4v) is 5.51. The lowest BCUT2D eigenvalue weighted by atomic mass is 10.0. The van der Waals surface area contributed by atoms with E-state index in [1.807, 2.05) is 37.3 Å². The number of ketones is 1. The van der Waals surface area contributed by atoms with Crippen molar-refractivity contribution < 1.29 is 14.0 Å². The summed E-state index contributed by atoms with van der Waals surface area (Å²) in [5.74, 6) is -0.304. The number of fused-ring (bicyclic) bond motifs is 1. The zero-order valence-corrected chi connectivity index (χ0v) is 19.8. The number of nitrogens with one attached hydrogen (secondary N) is 1. The number of amides is 1. The first-order valence-electron chi connectivity index (χ1n) is 10.5. The minimum atomic E-state index is -0.329. The molecule has 4 aromatic rings. The summed E-state index contributed by atoms with van der Waals surface area (Å²) in [6.07, 6.45) is 2.22. The maximum Gasteiger partial charge on any atom is 0.216 e. The molecule has 0 spiro atoms. The molecule has 2 aromatic heterocycles. The van der Waals surface area contributed by atoms with Crippen LogP contribution in [0.2, 0.25) is 0 Å². The lowest BCUT2D eigenvalue weighted by molar-refractivity contribution is -0.118. The number of rotatable bonds is 8. The van der Waals surface area contributed by atoms with Crippen LogP contribution in [-0.2, 0) is 11.2 Å². The third-order valence-corrected chi connectivity index (χ3v) is 7.50. The molecule has 1 atom stereocenters. The van der Waals surface area contributed by atoms with Gasteiger partial charge in [0.15, 0.2) is 5.78 Å². The van der Waals surface area contributed by atoms with Crippen molar-refractivity contribution in [2.45, 2.75) is 30.5 Å². The Hall–Kier alpha value is -3.10. The maximum atomic E-state index is 13.3. The second-order valence-electron chi connectivity index (χ2n) is 7.56. The zero-order valence-electron chi connectivity index (χ0n) is 18.2. The van der Waals surface area contributed by atoms with Crippen LogP contribution in [0.3, 0.4) is 0 Å². The second kappa shape index (κ2) is 10.2. The summed E-state index contributed by atoms with van der Waals surface area (Å²) < 4.78 is 14.2. The number of hydrogen-bond acceptors (Lipinski definition) is 6. The van der Waals surface area contributed by atoms with Gasteiger partial charge < -0.3 is 5.32 Å². The number of hydrogen-bond donors (Lipinski definition) is 1. The topological polar surface area (TPSA) is 72.0 Å². The van der Waals surface area contributed by atoms with Crippen LogP contribution in [-0.4, -0.2) is 33.5 Å². The predicted molar refractivity (Wildman–Crippen MR) is 131 cm³/mol. The highest BCUT2D eigenvalue weighted by molar-refractivity contribution is 8.00. The normalized spacial score (nSPS) is 12.0. The Morgan fingerprint density at radius 2 is 1.82 bits per heavy atom. The molecule has 8 heteroatoms. The highest BCUT2D eigenvalue weighted by Crippen LogP contribution is 2.38. The van der Waals surface area contributed by atoms with Crippen molar-refractivity contribution in [1.82, 2.24) is 15.3 Å². The number of thiophene rings is 1. The van der Waals surface area contributed by atoms with Gasteiger partial charge in [0.2, 0.25) is 5.91 Å². The molecule has 0 saturated carbocycles. The molecule has 4 rings (SSSR count). The Morgan fingerprint density at radius 1 is 1.09 bits per heavy atom. The Labute approximate surface area is 199 Å². The highest BCUT2D eigenvalue weighted by atomic mass is 32.2. The van der Waals surface area contributed by atoms with Gasteiger partial charge in [-0.25, -0.2) is 14.4 Å². The molecule has 33 heavy (non-hydrogen) atoms. The molecule has 0 radical (unpaired) electrons. The summed E-state index contributed by atoms with van der Waals surface area (Å²) in [5.41, 5.74) is 3.42. The predicted octanol–water partition coefficient (Wildman–Crippen LogP) is 5.54. The number of halogens is 1. The summed E-state index contributed by atoms with van der Waals surface area (Å²) in [7, 11) is 0. The van der Waals surface area contributed by atoms with Crippen LogP contribution in [0.1, 0.15) is 29.8 Å². The monoisotopic (exact) mass is 479 g/mol. The second-order valence-corrected chi connectivity index (χ2v) is 9.95. The first kappa shape index (κ1) is 23.1. The largest absolute Gasteiger partial charge is 0.356 e. The van der Waals surface area contributed by atoms with Crippen molar-refractivity contribution in [3.8, 4) is 10.4 Å². The van der Waals surface area contributed by atoms with Gasteiger partial charge in [0, 0.05) is 23.9 Å². The van der Waals surface area contributed by atoms with Crippen LogP contribution in [0.15, 0.2) is 66.0 Å². The van der Waals surface area contributed by atoms with Gasteiger partial charge in [-0.2, -0.15) is 0 Å². The van der Waals surface area contributed by atoms with E-state index in [9.17, 15) is 14.0 Å². The Morgan fingerprint density at radius 3 is 2.52 bits per heavy atom. The summed E-state index contributed by atoms with van der Waals surface area (Å²) >= 11 is 2.94. The van der Waals surface area contributed by atoms with Gasteiger partial charge in [0.25, 0.3) is 0 Å². The van der Waals surface area contributed by atoms with Crippen LogP contribution in [0.25, 0.3) is 20.7 Å². The molecule has 0 aliphatic heterocycles. The van der Waals surface area contributed by atoms with E-state index in [0.717, 1.165) is 31.2 Å². The van der Waals surface area contributed by atoms with E-state index in [-0.39, 0.29) is 22.8 Å². The van der Waals surface area contributed by atoms with Crippen LogP contribution in [0.4, 0.5) is 4.39 Å². The van der Waals surface area contributed by atoms with Gasteiger partial charge in [-0.15, -0.1) is 11.3 Å². The molecule has 0 aliphatic carbocycles. The first-order chi connectivity index (χ1) is 15.9. The van der Waals surface area contributed by atoms with Gasteiger partial charge in [-0.3, -0.25) is 9.59 Å². The molecule has 168 valence electrons. The Kier molecular flexibility index (Phi) is 7.15. The molecule has 1 amide bonds. The minimum Gasteiger partial charge on any atom is -0.356 e. The average Bonchev–Trinajstić information content (AvgIpc) is 3.25. The highest BCUT2D eigenvalue weighted by Gasteiger charge is 2.20. The van der Waals surface area contributed by atoms with Crippen LogP contribution >= 0.6 is 23.1 Å². The molecule has 0 saturated heterocycles. The van der Waals surface area contributed by atoms with Gasteiger partial charge in [0.1, 0.15) is 17.2 Å². The molecule has 0 aliphatic rings. The standard InChI is InChI=1S/C25H22FN3O2S2/c1-15(23(31)19-5-3-17(4-6-19)11-12-27-16(2)30)32-25-24-21(28-14-29-25)13-22(33-24)18-7-9-20(26)10-8-18/h3-10,13-15H,11-12H2,1-2H3,(H,27,30). The number of benzene rings is 2. The minimum absolute atomic E-state index is 0.0236. The zero-order chi connectivity index (χ0) is 23.4. The fourth-order valence-electron chi connectivity index (χ4n) is 3.35. The maximum absolute atomic E-state index is 13.3. The first-order valence-corrected chi connectivity index (χ1v) is 12.1. The quantitative estimate of drug-likeness (QED) is 0.204. The van der Waals surface area contributed by atoms with Crippen molar-refractivity contribution in [3.05, 3.63) is 77.9 Å². The molecule has 2 heterocycles. The summed E-state index contributed by atoms with van der Waals surface area (Å²) in [6.45, 7) is 3.94. The molecule has 0 bridgehead atoms. The molecule has 0 fully saturated rings. The van der Waals surface area contributed by atoms with Crippen molar-refractivity contribution in [2.24, 2.45) is 0 Å².